The normalized spacial score (nSPS) is 21.5. The Hall–Kier alpha value is -0.850. The molecule has 136 valence electrons. The lowest BCUT2D eigenvalue weighted by Crippen LogP contribution is -2.45. The van der Waals surface area contributed by atoms with E-state index >= 15 is 0 Å². The van der Waals surface area contributed by atoms with Gasteiger partial charge in [-0.25, -0.2) is 0 Å². The lowest BCUT2D eigenvalue weighted by Gasteiger charge is -2.23. The molecule has 0 aliphatic carbocycles. The molecule has 6 heteroatoms. The fraction of sp³-hybridized carbons (Fsp3) is 0.941. The van der Waals surface area contributed by atoms with Crippen molar-refractivity contribution in [1.29, 1.82) is 0 Å². The lowest BCUT2D eigenvalue weighted by atomic mass is 10.0. The molecule has 1 heterocycles. The van der Waals surface area contributed by atoms with Gasteiger partial charge in [0.25, 0.3) is 0 Å². The van der Waals surface area contributed by atoms with Crippen molar-refractivity contribution in [1.82, 2.24) is 10.6 Å². The molecule has 3 unspecified atom stereocenters. The smallest absolute Gasteiger partial charge is 0.191 e. The van der Waals surface area contributed by atoms with Crippen molar-refractivity contribution >= 4 is 5.96 Å². The summed E-state index contributed by atoms with van der Waals surface area (Å²) >= 11 is 0. The Bertz CT molecular complexity index is 331. The number of ether oxygens (including phenoxy) is 3. The zero-order valence-corrected chi connectivity index (χ0v) is 15.4. The quantitative estimate of drug-likeness (QED) is 0.473. The van der Waals surface area contributed by atoms with Gasteiger partial charge in [0, 0.05) is 32.8 Å². The van der Waals surface area contributed by atoms with E-state index in [1.54, 1.807) is 7.05 Å². The summed E-state index contributed by atoms with van der Waals surface area (Å²) in [6.07, 6.45) is 2.49. The van der Waals surface area contributed by atoms with Gasteiger partial charge in [-0.15, -0.1) is 0 Å². The van der Waals surface area contributed by atoms with Crippen LogP contribution in [0.5, 0.6) is 0 Å². The summed E-state index contributed by atoms with van der Waals surface area (Å²) in [4.78, 5) is 4.27. The highest BCUT2D eigenvalue weighted by atomic mass is 16.5. The van der Waals surface area contributed by atoms with Crippen molar-refractivity contribution in [2.45, 2.75) is 58.8 Å². The van der Waals surface area contributed by atoms with E-state index in [9.17, 15) is 0 Å². The molecule has 3 atom stereocenters. The molecule has 0 saturated carbocycles. The van der Waals surface area contributed by atoms with Gasteiger partial charge < -0.3 is 24.8 Å². The summed E-state index contributed by atoms with van der Waals surface area (Å²) in [7, 11) is 1.79. The SMILES string of the molecule is CCOC(CCNC(=NC)NC(C)COC1CCOC1)C(C)C. The Balaban J connectivity index is 2.22. The third kappa shape index (κ3) is 8.53. The fourth-order valence-corrected chi connectivity index (χ4v) is 2.55. The second-order valence-electron chi connectivity index (χ2n) is 6.39. The average Bonchev–Trinajstić information content (AvgIpc) is 3.04. The Kier molecular flexibility index (Phi) is 10.2. The minimum atomic E-state index is 0.203. The Labute approximate surface area is 141 Å². The van der Waals surface area contributed by atoms with Gasteiger partial charge in [-0.3, -0.25) is 4.99 Å². The second kappa shape index (κ2) is 11.6. The van der Waals surface area contributed by atoms with Gasteiger partial charge in [-0.05, 0) is 32.6 Å². The van der Waals surface area contributed by atoms with E-state index in [0.29, 0.717) is 19.1 Å². The fourth-order valence-electron chi connectivity index (χ4n) is 2.55. The van der Waals surface area contributed by atoms with E-state index in [1.807, 2.05) is 6.92 Å². The van der Waals surface area contributed by atoms with E-state index in [0.717, 1.165) is 38.6 Å². The van der Waals surface area contributed by atoms with Crippen LogP contribution in [0.3, 0.4) is 0 Å². The number of hydrogen-bond acceptors (Lipinski definition) is 4. The number of nitrogens with zero attached hydrogens (tertiary/aromatic N) is 1. The predicted octanol–water partition coefficient (Wildman–Crippen LogP) is 1.80. The Morgan fingerprint density at radius 2 is 2.13 bits per heavy atom. The van der Waals surface area contributed by atoms with Gasteiger partial charge in [0.05, 0.1) is 25.4 Å². The zero-order chi connectivity index (χ0) is 17.1. The average molecular weight is 329 g/mol. The van der Waals surface area contributed by atoms with Crippen molar-refractivity contribution in [2.24, 2.45) is 10.9 Å². The van der Waals surface area contributed by atoms with Crippen molar-refractivity contribution in [3.8, 4) is 0 Å². The van der Waals surface area contributed by atoms with Crippen LogP contribution >= 0.6 is 0 Å². The summed E-state index contributed by atoms with van der Waals surface area (Å²) < 4.78 is 16.9. The maximum atomic E-state index is 5.83. The first-order chi connectivity index (χ1) is 11.1. The van der Waals surface area contributed by atoms with Gasteiger partial charge >= 0.3 is 0 Å². The maximum absolute atomic E-state index is 5.83. The van der Waals surface area contributed by atoms with Crippen molar-refractivity contribution in [3.05, 3.63) is 0 Å². The molecule has 0 bridgehead atoms. The highest BCUT2D eigenvalue weighted by molar-refractivity contribution is 5.79. The molecule has 1 rings (SSSR count). The molecular weight excluding hydrogens is 294 g/mol. The molecule has 1 aliphatic rings. The predicted molar refractivity (Wildman–Crippen MR) is 94.0 cm³/mol. The van der Waals surface area contributed by atoms with E-state index in [2.05, 4.69) is 36.4 Å². The van der Waals surface area contributed by atoms with Gasteiger partial charge in [0.2, 0.25) is 0 Å². The molecule has 0 aromatic rings. The summed E-state index contributed by atoms with van der Waals surface area (Å²) in [6, 6.07) is 0.203. The number of aliphatic imine (C=N–C) groups is 1. The van der Waals surface area contributed by atoms with Crippen LogP contribution in [0.2, 0.25) is 0 Å². The Morgan fingerprint density at radius 1 is 1.35 bits per heavy atom. The van der Waals surface area contributed by atoms with Crippen LogP contribution in [-0.2, 0) is 14.2 Å². The summed E-state index contributed by atoms with van der Waals surface area (Å²) in [5.74, 6) is 1.33. The molecule has 1 aliphatic heterocycles. The maximum Gasteiger partial charge on any atom is 0.191 e. The van der Waals surface area contributed by atoms with E-state index in [4.69, 9.17) is 14.2 Å². The molecule has 6 nitrogen and oxygen atoms in total. The van der Waals surface area contributed by atoms with E-state index in [-0.39, 0.29) is 18.2 Å². The molecule has 0 aromatic heterocycles. The third-order valence-electron chi connectivity index (χ3n) is 3.92. The molecular formula is C17H35N3O3. The van der Waals surface area contributed by atoms with E-state index in [1.165, 1.54) is 0 Å². The molecule has 23 heavy (non-hydrogen) atoms. The van der Waals surface area contributed by atoms with Crippen LogP contribution in [0.1, 0.15) is 40.5 Å². The highest BCUT2D eigenvalue weighted by Gasteiger charge is 2.17. The topological polar surface area (TPSA) is 64.1 Å². The van der Waals surface area contributed by atoms with Crippen LogP contribution in [0, 0.1) is 5.92 Å². The third-order valence-corrected chi connectivity index (χ3v) is 3.92. The van der Waals surface area contributed by atoms with Crippen molar-refractivity contribution in [2.75, 3.05) is 40.0 Å². The van der Waals surface area contributed by atoms with Crippen LogP contribution in [-0.4, -0.2) is 64.2 Å². The second-order valence-corrected chi connectivity index (χ2v) is 6.39. The van der Waals surface area contributed by atoms with Gasteiger partial charge in [0.15, 0.2) is 5.96 Å². The minimum absolute atomic E-state index is 0.203. The molecule has 0 radical (unpaired) electrons. The van der Waals surface area contributed by atoms with Gasteiger partial charge in [-0.1, -0.05) is 13.8 Å². The standard InChI is InChI=1S/C17H35N3O3/c1-6-22-16(13(2)3)7-9-19-17(18-5)20-14(4)11-23-15-8-10-21-12-15/h13-16H,6-12H2,1-5H3,(H2,18,19,20). The highest BCUT2D eigenvalue weighted by Crippen LogP contribution is 2.10. The first kappa shape index (κ1) is 20.2. The van der Waals surface area contributed by atoms with Crippen molar-refractivity contribution in [3.63, 3.8) is 0 Å². The minimum Gasteiger partial charge on any atom is -0.379 e. The summed E-state index contributed by atoms with van der Waals surface area (Å²) in [5, 5.41) is 6.71. The first-order valence-corrected chi connectivity index (χ1v) is 8.84. The molecule has 1 saturated heterocycles. The number of nitrogens with one attached hydrogen (secondary N) is 2. The summed E-state index contributed by atoms with van der Waals surface area (Å²) in [6.45, 7) is 12.3. The zero-order valence-electron chi connectivity index (χ0n) is 15.4. The van der Waals surface area contributed by atoms with Crippen LogP contribution < -0.4 is 10.6 Å². The Morgan fingerprint density at radius 3 is 2.70 bits per heavy atom. The first-order valence-electron chi connectivity index (χ1n) is 8.84. The molecule has 1 fully saturated rings. The monoisotopic (exact) mass is 329 g/mol. The van der Waals surface area contributed by atoms with E-state index < -0.39 is 0 Å². The molecule has 0 spiro atoms. The molecule has 2 N–H and O–H groups in total. The van der Waals surface area contributed by atoms with Gasteiger partial charge in [0.1, 0.15) is 0 Å². The molecule has 0 amide bonds. The van der Waals surface area contributed by atoms with Crippen molar-refractivity contribution < 1.29 is 14.2 Å². The number of rotatable bonds is 10. The number of hydrogen-bond donors (Lipinski definition) is 2. The van der Waals surface area contributed by atoms with Gasteiger partial charge in [-0.2, -0.15) is 0 Å². The number of guanidine groups is 1. The largest absolute Gasteiger partial charge is 0.379 e. The molecule has 0 aromatic carbocycles. The van der Waals surface area contributed by atoms with Crippen LogP contribution in [0.15, 0.2) is 4.99 Å². The lowest BCUT2D eigenvalue weighted by molar-refractivity contribution is 0.0257. The van der Waals surface area contributed by atoms with Crippen LogP contribution in [0.4, 0.5) is 0 Å². The van der Waals surface area contributed by atoms with Crippen LogP contribution in [0.25, 0.3) is 0 Å². The summed E-state index contributed by atoms with van der Waals surface area (Å²) in [5.41, 5.74) is 0.